The number of fused-ring (bicyclic) bond motifs is 2. The maximum Gasteiger partial charge on any atom is 0.319 e. The van der Waals surface area contributed by atoms with Crippen LogP contribution in [0.3, 0.4) is 0 Å². The summed E-state index contributed by atoms with van der Waals surface area (Å²) in [5.74, 6) is 1.07. The molecule has 2 aromatic rings. The SMILES string of the molecule is Cc1ccc(NC(=O)NC2C[C@H]3CC[C@H](C2)[NH+]3Cc2ccco2)cc1. The summed E-state index contributed by atoms with van der Waals surface area (Å²) >= 11 is 0. The molecule has 1 aromatic carbocycles. The van der Waals surface area contributed by atoms with Crippen LogP contribution in [0.15, 0.2) is 47.1 Å². The van der Waals surface area contributed by atoms with Crippen molar-refractivity contribution in [1.82, 2.24) is 5.32 Å². The molecule has 132 valence electrons. The molecule has 5 heteroatoms. The van der Waals surface area contributed by atoms with Crippen molar-refractivity contribution in [3.8, 4) is 0 Å². The lowest BCUT2D eigenvalue weighted by atomic mass is 9.97. The highest BCUT2D eigenvalue weighted by Gasteiger charge is 2.45. The number of benzene rings is 1. The minimum Gasteiger partial charge on any atom is -0.463 e. The first-order chi connectivity index (χ1) is 12.2. The maximum absolute atomic E-state index is 12.3. The first-order valence-electron chi connectivity index (χ1n) is 9.19. The monoisotopic (exact) mass is 340 g/mol. The maximum atomic E-state index is 12.3. The number of amides is 2. The molecule has 2 atom stereocenters. The molecule has 0 spiro atoms. The second-order valence-corrected chi connectivity index (χ2v) is 7.44. The van der Waals surface area contributed by atoms with Gasteiger partial charge in [-0.25, -0.2) is 4.79 Å². The Balaban J connectivity index is 1.31. The molecule has 2 bridgehead atoms. The van der Waals surface area contributed by atoms with E-state index in [4.69, 9.17) is 4.42 Å². The highest BCUT2D eigenvalue weighted by atomic mass is 16.3. The first-order valence-corrected chi connectivity index (χ1v) is 9.19. The topological polar surface area (TPSA) is 58.7 Å². The Hall–Kier alpha value is -2.27. The van der Waals surface area contributed by atoms with Gasteiger partial charge in [-0.2, -0.15) is 0 Å². The molecule has 2 aliphatic rings. The van der Waals surface area contributed by atoms with Crippen molar-refractivity contribution >= 4 is 11.7 Å². The van der Waals surface area contributed by atoms with Gasteiger partial charge in [0.25, 0.3) is 0 Å². The molecule has 0 unspecified atom stereocenters. The molecule has 2 amide bonds. The minimum absolute atomic E-state index is 0.0947. The summed E-state index contributed by atoms with van der Waals surface area (Å²) in [4.78, 5) is 13.9. The van der Waals surface area contributed by atoms with Crippen LogP contribution in [0.25, 0.3) is 0 Å². The van der Waals surface area contributed by atoms with Crippen LogP contribution in [0.2, 0.25) is 0 Å². The van der Waals surface area contributed by atoms with Crippen molar-refractivity contribution in [2.45, 2.75) is 57.3 Å². The van der Waals surface area contributed by atoms with Crippen molar-refractivity contribution in [3.63, 3.8) is 0 Å². The van der Waals surface area contributed by atoms with Gasteiger partial charge in [0.15, 0.2) is 5.76 Å². The van der Waals surface area contributed by atoms with Gasteiger partial charge in [-0.05, 0) is 31.2 Å². The molecular formula is C20H26N3O2+. The number of piperidine rings is 1. The Morgan fingerprint density at radius 1 is 1.16 bits per heavy atom. The van der Waals surface area contributed by atoms with E-state index < -0.39 is 0 Å². The van der Waals surface area contributed by atoms with E-state index in [0.29, 0.717) is 12.1 Å². The van der Waals surface area contributed by atoms with E-state index in [0.717, 1.165) is 30.8 Å². The summed E-state index contributed by atoms with van der Waals surface area (Å²) in [7, 11) is 0. The van der Waals surface area contributed by atoms with Gasteiger partial charge in [0.2, 0.25) is 0 Å². The predicted octanol–water partition coefficient (Wildman–Crippen LogP) is 2.49. The van der Waals surface area contributed by atoms with Crippen LogP contribution in [0.4, 0.5) is 10.5 Å². The lowest BCUT2D eigenvalue weighted by Crippen LogP contribution is -3.17. The molecule has 2 saturated heterocycles. The molecule has 4 rings (SSSR count). The second kappa shape index (κ2) is 6.92. The Morgan fingerprint density at radius 3 is 2.52 bits per heavy atom. The molecular weight excluding hydrogens is 314 g/mol. The van der Waals surface area contributed by atoms with E-state index in [1.807, 2.05) is 37.3 Å². The number of nitrogens with one attached hydrogen (secondary N) is 3. The van der Waals surface area contributed by atoms with Crippen molar-refractivity contribution in [1.29, 1.82) is 0 Å². The van der Waals surface area contributed by atoms with Crippen LogP contribution in [-0.4, -0.2) is 24.2 Å². The normalized spacial score (nSPS) is 27.9. The zero-order valence-corrected chi connectivity index (χ0v) is 14.6. The number of rotatable bonds is 4. The summed E-state index contributed by atoms with van der Waals surface area (Å²) in [5, 5.41) is 6.12. The van der Waals surface area contributed by atoms with E-state index in [1.54, 1.807) is 11.2 Å². The van der Waals surface area contributed by atoms with Crippen LogP contribution >= 0.6 is 0 Å². The van der Waals surface area contributed by atoms with Crippen LogP contribution in [-0.2, 0) is 6.54 Å². The average molecular weight is 340 g/mol. The summed E-state index contributed by atoms with van der Waals surface area (Å²) in [6.07, 6.45) is 6.35. The van der Waals surface area contributed by atoms with E-state index >= 15 is 0 Å². The standard InChI is InChI=1S/C20H25N3O2/c1-14-4-6-15(7-5-14)21-20(24)22-16-11-17-8-9-18(12-16)23(17)13-19-3-2-10-25-19/h2-7,10,16-18H,8-9,11-13H2,1H3,(H2,21,22,24)/p+1/t17-,18-/m1/s1. The second-order valence-electron chi connectivity index (χ2n) is 7.44. The number of aryl methyl sites for hydroxylation is 1. The van der Waals surface area contributed by atoms with Gasteiger partial charge in [0.1, 0.15) is 6.54 Å². The fraction of sp³-hybridized carbons (Fsp3) is 0.450. The highest BCUT2D eigenvalue weighted by molar-refractivity contribution is 5.89. The number of anilines is 1. The molecule has 0 aliphatic carbocycles. The van der Waals surface area contributed by atoms with Gasteiger partial charge in [-0.15, -0.1) is 0 Å². The van der Waals surface area contributed by atoms with Crippen molar-refractivity contribution < 1.29 is 14.1 Å². The molecule has 2 fully saturated rings. The van der Waals surface area contributed by atoms with Gasteiger partial charge >= 0.3 is 6.03 Å². The van der Waals surface area contributed by atoms with Crippen LogP contribution < -0.4 is 15.5 Å². The predicted molar refractivity (Wildman–Crippen MR) is 96.5 cm³/mol. The molecule has 25 heavy (non-hydrogen) atoms. The lowest BCUT2D eigenvalue weighted by Gasteiger charge is -2.35. The van der Waals surface area contributed by atoms with Gasteiger partial charge in [0, 0.05) is 37.4 Å². The van der Waals surface area contributed by atoms with Gasteiger partial charge in [-0.3, -0.25) is 0 Å². The number of carbonyl (C=O) groups excluding carboxylic acids is 1. The van der Waals surface area contributed by atoms with Gasteiger partial charge in [0.05, 0.1) is 18.3 Å². The number of hydrogen-bond acceptors (Lipinski definition) is 2. The molecule has 3 N–H and O–H groups in total. The fourth-order valence-corrected chi connectivity index (χ4v) is 4.44. The molecule has 5 nitrogen and oxygen atoms in total. The summed E-state index contributed by atoms with van der Waals surface area (Å²) < 4.78 is 5.53. The minimum atomic E-state index is -0.0947. The third-order valence-corrected chi connectivity index (χ3v) is 5.65. The number of furan rings is 1. The Bertz CT molecular complexity index is 697. The largest absolute Gasteiger partial charge is 0.463 e. The third-order valence-electron chi connectivity index (χ3n) is 5.65. The molecule has 3 heterocycles. The Morgan fingerprint density at radius 2 is 1.88 bits per heavy atom. The fourth-order valence-electron chi connectivity index (χ4n) is 4.44. The smallest absolute Gasteiger partial charge is 0.319 e. The lowest BCUT2D eigenvalue weighted by molar-refractivity contribution is -0.955. The third kappa shape index (κ3) is 3.71. The number of carbonyl (C=O) groups is 1. The van der Waals surface area contributed by atoms with E-state index in [1.165, 1.54) is 18.4 Å². The first kappa shape index (κ1) is 16.2. The van der Waals surface area contributed by atoms with E-state index in [-0.39, 0.29) is 12.1 Å². The van der Waals surface area contributed by atoms with Crippen molar-refractivity contribution in [2.24, 2.45) is 0 Å². The van der Waals surface area contributed by atoms with E-state index in [9.17, 15) is 4.79 Å². The number of quaternary nitrogens is 1. The van der Waals surface area contributed by atoms with Crippen LogP contribution in [0.1, 0.15) is 37.0 Å². The zero-order valence-electron chi connectivity index (χ0n) is 14.6. The van der Waals surface area contributed by atoms with Crippen LogP contribution in [0, 0.1) is 6.92 Å². The summed E-state index contributed by atoms with van der Waals surface area (Å²) in [5.41, 5.74) is 2.03. The quantitative estimate of drug-likeness (QED) is 0.801. The Kier molecular flexibility index (Phi) is 4.49. The zero-order chi connectivity index (χ0) is 17.2. The Labute approximate surface area is 148 Å². The molecule has 1 aromatic heterocycles. The van der Waals surface area contributed by atoms with Crippen LogP contribution in [0.5, 0.6) is 0 Å². The number of hydrogen-bond donors (Lipinski definition) is 3. The van der Waals surface area contributed by atoms with Gasteiger partial charge in [-0.1, -0.05) is 17.7 Å². The molecule has 0 saturated carbocycles. The number of urea groups is 1. The molecule has 2 aliphatic heterocycles. The summed E-state index contributed by atoms with van der Waals surface area (Å²) in [6, 6.07) is 13.3. The van der Waals surface area contributed by atoms with Crippen molar-refractivity contribution in [2.75, 3.05) is 5.32 Å². The van der Waals surface area contributed by atoms with E-state index in [2.05, 4.69) is 16.7 Å². The van der Waals surface area contributed by atoms with Crippen molar-refractivity contribution in [3.05, 3.63) is 54.0 Å². The van der Waals surface area contributed by atoms with Gasteiger partial charge < -0.3 is 20.0 Å². The summed E-state index contributed by atoms with van der Waals surface area (Å²) in [6.45, 7) is 3.00. The molecule has 0 radical (unpaired) electrons. The average Bonchev–Trinajstić information content (AvgIpc) is 3.17. The highest BCUT2D eigenvalue weighted by Crippen LogP contribution is 2.23.